The third-order valence-corrected chi connectivity index (χ3v) is 1.61. The zero-order chi connectivity index (χ0) is 9.84. The molecule has 70 valence electrons. The Hall–Kier alpha value is -1.51. The largest absolute Gasteiger partial charge is 0.508 e. The number of phenols is 1. The smallest absolute Gasteiger partial charge is 0.117 e. The lowest BCUT2D eigenvalue weighted by atomic mass is 10.2. The average Bonchev–Trinajstić information content (AvgIpc) is 2.48. The second-order valence-corrected chi connectivity index (χ2v) is 2.55. The van der Waals surface area contributed by atoms with Gasteiger partial charge in [-0.2, -0.15) is 5.10 Å². The average molecular weight is 178 g/mol. The predicted octanol–water partition coefficient (Wildman–Crippen LogP) is 2.31. The molecule has 0 amide bonds. The van der Waals surface area contributed by atoms with Gasteiger partial charge in [-0.3, -0.25) is 4.68 Å². The molecule has 1 aromatic carbocycles. The van der Waals surface area contributed by atoms with E-state index in [4.69, 9.17) is 5.11 Å². The van der Waals surface area contributed by atoms with Crippen molar-refractivity contribution in [2.24, 2.45) is 7.05 Å². The number of rotatable bonds is 0. The van der Waals surface area contributed by atoms with Crippen LogP contribution in [0.2, 0.25) is 0 Å². The minimum atomic E-state index is 0.260. The Morgan fingerprint density at radius 3 is 2.69 bits per heavy atom. The summed E-state index contributed by atoms with van der Waals surface area (Å²) in [7, 11) is 1.86. The maximum Gasteiger partial charge on any atom is 0.117 e. The zero-order valence-electron chi connectivity index (χ0n) is 8.15. The maximum atomic E-state index is 9.09. The summed E-state index contributed by atoms with van der Waals surface area (Å²) in [5.41, 5.74) is 0.826. The van der Waals surface area contributed by atoms with E-state index in [1.807, 2.05) is 33.2 Å². The van der Waals surface area contributed by atoms with Crippen LogP contribution in [0.4, 0.5) is 0 Å². The van der Waals surface area contributed by atoms with Crippen LogP contribution >= 0.6 is 0 Å². The first kappa shape index (κ1) is 9.58. The number of aryl methyl sites for hydroxylation is 1. The van der Waals surface area contributed by atoms with Crippen molar-refractivity contribution in [1.82, 2.24) is 9.78 Å². The van der Waals surface area contributed by atoms with Crippen molar-refractivity contribution in [2.45, 2.75) is 13.8 Å². The van der Waals surface area contributed by atoms with E-state index in [0.29, 0.717) is 0 Å². The Kier molecular flexibility index (Phi) is 2.90. The molecule has 0 unspecified atom stereocenters. The Balaban J connectivity index is 0.000000396. The molecule has 0 spiro atoms. The van der Waals surface area contributed by atoms with Crippen LogP contribution in [0.25, 0.3) is 10.9 Å². The van der Waals surface area contributed by atoms with E-state index in [1.54, 1.807) is 16.8 Å². The van der Waals surface area contributed by atoms with E-state index in [0.717, 1.165) is 10.9 Å². The van der Waals surface area contributed by atoms with Crippen LogP contribution in [0.5, 0.6) is 5.75 Å². The van der Waals surface area contributed by atoms with Crippen LogP contribution in [0, 0.1) is 0 Å². The first-order valence-corrected chi connectivity index (χ1v) is 4.38. The van der Waals surface area contributed by atoms with Gasteiger partial charge in [0.05, 0.1) is 5.52 Å². The first-order valence-electron chi connectivity index (χ1n) is 4.38. The van der Waals surface area contributed by atoms with Gasteiger partial charge in [-0.25, -0.2) is 0 Å². The van der Waals surface area contributed by atoms with Crippen LogP contribution in [0.1, 0.15) is 13.8 Å². The van der Waals surface area contributed by atoms with Crippen molar-refractivity contribution < 1.29 is 5.11 Å². The highest BCUT2D eigenvalue weighted by atomic mass is 16.3. The van der Waals surface area contributed by atoms with E-state index >= 15 is 0 Å². The van der Waals surface area contributed by atoms with Crippen LogP contribution in [-0.4, -0.2) is 14.9 Å². The molecule has 1 aromatic heterocycles. The molecule has 3 heteroatoms. The molecular formula is C10H14N2O. The van der Waals surface area contributed by atoms with Crippen LogP contribution in [-0.2, 0) is 7.05 Å². The van der Waals surface area contributed by atoms with E-state index in [-0.39, 0.29) is 5.75 Å². The third-order valence-electron chi connectivity index (χ3n) is 1.61. The lowest BCUT2D eigenvalue weighted by molar-refractivity contribution is 0.476. The number of aromatic hydroxyl groups is 1. The molecule has 0 saturated heterocycles. The van der Waals surface area contributed by atoms with Crippen LogP contribution in [0.15, 0.2) is 24.4 Å². The number of fused-ring (bicyclic) bond motifs is 1. The van der Waals surface area contributed by atoms with E-state index in [2.05, 4.69) is 5.10 Å². The minimum absolute atomic E-state index is 0.260. The fourth-order valence-electron chi connectivity index (χ4n) is 1.13. The summed E-state index contributed by atoms with van der Waals surface area (Å²) in [6, 6.07) is 5.15. The summed E-state index contributed by atoms with van der Waals surface area (Å²) in [6.45, 7) is 4.00. The predicted molar refractivity (Wildman–Crippen MR) is 53.7 cm³/mol. The molecule has 0 atom stereocenters. The molecule has 2 rings (SSSR count). The van der Waals surface area contributed by atoms with Crippen molar-refractivity contribution in [3.8, 4) is 5.75 Å². The summed E-state index contributed by atoms with van der Waals surface area (Å²) >= 11 is 0. The first-order chi connectivity index (χ1) is 6.25. The molecule has 2 aromatic rings. The topological polar surface area (TPSA) is 38.0 Å². The summed E-state index contributed by atoms with van der Waals surface area (Å²) in [5.74, 6) is 0.260. The Morgan fingerprint density at radius 2 is 2.00 bits per heavy atom. The monoisotopic (exact) mass is 178 g/mol. The van der Waals surface area contributed by atoms with Crippen molar-refractivity contribution in [1.29, 1.82) is 0 Å². The minimum Gasteiger partial charge on any atom is -0.508 e. The standard InChI is InChI=1S/C8H8N2O.C2H6/c1-10-5-6-2-3-7(11)4-8(6)9-10;1-2/h2-5,11H,1H3;1-2H3. The number of phenolic OH excluding ortho intramolecular Hbond substituents is 1. The molecular weight excluding hydrogens is 164 g/mol. The van der Waals surface area contributed by atoms with Crippen molar-refractivity contribution in [3.63, 3.8) is 0 Å². The highest BCUT2D eigenvalue weighted by Gasteiger charge is 1.97. The molecule has 0 aliphatic carbocycles. The number of nitrogens with zero attached hydrogens (tertiary/aromatic N) is 2. The molecule has 0 radical (unpaired) electrons. The zero-order valence-corrected chi connectivity index (χ0v) is 8.15. The second kappa shape index (κ2) is 3.94. The van der Waals surface area contributed by atoms with E-state index in [1.165, 1.54) is 0 Å². The molecule has 0 aliphatic rings. The summed E-state index contributed by atoms with van der Waals surface area (Å²) in [4.78, 5) is 0. The van der Waals surface area contributed by atoms with Crippen molar-refractivity contribution in [3.05, 3.63) is 24.4 Å². The number of benzene rings is 1. The van der Waals surface area contributed by atoms with Gasteiger partial charge in [0.25, 0.3) is 0 Å². The number of hydrogen-bond acceptors (Lipinski definition) is 2. The molecule has 1 heterocycles. The number of aromatic nitrogens is 2. The lowest BCUT2D eigenvalue weighted by Crippen LogP contribution is -1.84. The van der Waals surface area contributed by atoms with Gasteiger partial charge < -0.3 is 5.11 Å². The van der Waals surface area contributed by atoms with Crippen LogP contribution in [0.3, 0.4) is 0 Å². The molecule has 0 bridgehead atoms. The van der Waals surface area contributed by atoms with Gasteiger partial charge >= 0.3 is 0 Å². The Morgan fingerprint density at radius 1 is 1.31 bits per heavy atom. The van der Waals surface area contributed by atoms with Gasteiger partial charge in [0, 0.05) is 24.7 Å². The van der Waals surface area contributed by atoms with E-state index in [9.17, 15) is 0 Å². The maximum absolute atomic E-state index is 9.09. The molecule has 0 aliphatic heterocycles. The molecule has 3 nitrogen and oxygen atoms in total. The van der Waals surface area contributed by atoms with Gasteiger partial charge in [0.15, 0.2) is 0 Å². The fourth-order valence-corrected chi connectivity index (χ4v) is 1.13. The Labute approximate surface area is 77.6 Å². The van der Waals surface area contributed by atoms with Gasteiger partial charge in [-0.1, -0.05) is 13.8 Å². The quantitative estimate of drug-likeness (QED) is 0.672. The second-order valence-electron chi connectivity index (χ2n) is 2.55. The molecule has 0 saturated carbocycles. The highest BCUT2D eigenvalue weighted by molar-refractivity contribution is 5.79. The van der Waals surface area contributed by atoms with Crippen molar-refractivity contribution >= 4 is 10.9 Å². The van der Waals surface area contributed by atoms with Gasteiger partial charge in [-0.05, 0) is 12.1 Å². The summed E-state index contributed by atoms with van der Waals surface area (Å²) < 4.78 is 1.73. The normalized spacial score (nSPS) is 9.46. The van der Waals surface area contributed by atoms with Crippen LogP contribution < -0.4 is 0 Å². The molecule has 13 heavy (non-hydrogen) atoms. The van der Waals surface area contributed by atoms with E-state index < -0.39 is 0 Å². The van der Waals surface area contributed by atoms with Gasteiger partial charge in [-0.15, -0.1) is 0 Å². The van der Waals surface area contributed by atoms with Gasteiger partial charge in [0.2, 0.25) is 0 Å². The van der Waals surface area contributed by atoms with Crippen molar-refractivity contribution in [2.75, 3.05) is 0 Å². The van der Waals surface area contributed by atoms with Gasteiger partial charge in [0.1, 0.15) is 5.75 Å². The molecule has 0 fully saturated rings. The number of hydrogen-bond donors (Lipinski definition) is 1. The molecule has 1 N–H and O–H groups in total. The third kappa shape index (κ3) is 1.99. The summed E-state index contributed by atoms with van der Waals surface area (Å²) in [5, 5.41) is 14.3. The SMILES string of the molecule is CC.Cn1cc2ccc(O)cc2n1. The fraction of sp³-hybridized carbons (Fsp3) is 0.300. The Bertz CT molecular complexity index is 393. The lowest BCUT2D eigenvalue weighted by Gasteiger charge is -1.87. The summed E-state index contributed by atoms with van der Waals surface area (Å²) in [6.07, 6.45) is 1.91. The highest BCUT2D eigenvalue weighted by Crippen LogP contribution is 2.17.